The highest BCUT2D eigenvalue weighted by Crippen LogP contribution is 2.37. The SMILES string of the molecule is CC(=O)c1ccc2c(c1)CCC1=C(O)CC(O)C=C1S2=O. The van der Waals surface area contributed by atoms with Crippen LogP contribution < -0.4 is 0 Å². The molecule has 2 N–H and O–H groups in total. The molecule has 5 heteroatoms. The van der Waals surface area contributed by atoms with Gasteiger partial charge in [0.2, 0.25) is 0 Å². The summed E-state index contributed by atoms with van der Waals surface area (Å²) in [4.78, 5) is 12.6. The normalized spacial score (nSPS) is 24.8. The van der Waals surface area contributed by atoms with Gasteiger partial charge in [0.1, 0.15) is 0 Å². The summed E-state index contributed by atoms with van der Waals surface area (Å²) < 4.78 is 12.7. The Morgan fingerprint density at radius 2 is 2.10 bits per heavy atom. The molecule has 1 aromatic carbocycles. The maximum Gasteiger partial charge on any atom is 0.159 e. The first kappa shape index (κ1) is 14.2. The highest BCUT2D eigenvalue weighted by atomic mass is 32.2. The maximum absolute atomic E-state index is 12.7. The van der Waals surface area contributed by atoms with Crippen LogP contribution in [0.25, 0.3) is 0 Å². The molecule has 0 saturated heterocycles. The number of allylic oxidation sites excluding steroid dienone is 1. The predicted molar refractivity (Wildman–Crippen MR) is 79.5 cm³/mol. The molecule has 1 heterocycles. The van der Waals surface area contributed by atoms with Gasteiger partial charge in [0.05, 0.1) is 22.7 Å². The minimum Gasteiger partial charge on any atom is -0.512 e. The minimum absolute atomic E-state index is 0.0260. The Morgan fingerprint density at radius 1 is 1.33 bits per heavy atom. The van der Waals surface area contributed by atoms with Gasteiger partial charge in [0.25, 0.3) is 0 Å². The lowest BCUT2D eigenvalue weighted by atomic mass is 9.96. The first-order valence-electron chi connectivity index (χ1n) is 6.84. The van der Waals surface area contributed by atoms with Gasteiger partial charge >= 0.3 is 0 Å². The van der Waals surface area contributed by atoms with E-state index in [-0.39, 0.29) is 18.0 Å². The molecule has 0 saturated carbocycles. The zero-order valence-corrected chi connectivity index (χ0v) is 12.4. The van der Waals surface area contributed by atoms with Crippen LogP contribution in [0.5, 0.6) is 0 Å². The van der Waals surface area contributed by atoms with Crippen LogP contribution in [0, 0.1) is 0 Å². The first-order valence-corrected chi connectivity index (χ1v) is 7.99. The fraction of sp³-hybridized carbons (Fsp3) is 0.312. The number of ketones is 1. The third kappa shape index (κ3) is 2.47. The average molecular weight is 304 g/mol. The van der Waals surface area contributed by atoms with Gasteiger partial charge in [-0.2, -0.15) is 0 Å². The lowest BCUT2D eigenvalue weighted by Gasteiger charge is -2.19. The molecule has 0 aromatic heterocycles. The molecule has 1 aliphatic heterocycles. The van der Waals surface area contributed by atoms with Crippen molar-refractivity contribution in [2.24, 2.45) is 0 Å². The average Bonchev–Trinajstić information content (AvgIpc) is 2.57. The third-order valence-electron chi connectivity index (χ3n) is 3.90. The number of aliphatic hydroxyl groups is 2. The van der Waals surface area contributed by atoms with E-state index < -0.39 is 16.9 Å². The Bertz CT molecular complexity index is 715. The molecule has 2 atom stereocenters. The fourth-order valence-corrected chi connectivity index (χ4v) is 4.34. The van der Waals surface area contributed by atoms with Gasteiger partial charge in [-0.15, -0.1) is 0 Å². The van der Waals surface area contributed by atoms with Crippen molar-refractivity contribution in [2.75, 3.05) is 0 Å². The molecule has 1 aromatic rings. The van der Waals surface area contributed by atoms with E-state index in [2.05, 4.69) is 0 Å². The molecule has 2 aliphatic rings. The first-order chi connectivity index (χ1) is 9.97. The van der Waals surface area contributed by atoms with Crippen LogP contribution >= 0.6 is 0 Å². The summed E-state index contributed by atoms with van der Waals surface area (Å²) in [6, 6.07) is 5.17. The molecule has 0 amide bonds. The van der Waals surface area contributed by atoms with E-state index in [1.54, 1.807) is 24.3 Å². The summed E-state index contributed by atoms with van der Waals surface area (Å²) >= 11 is 0. The van der Waals surface area contributed by atoms with E-state index in [1.165, 1.54) is 6.92 Å². The summed E-state index contributed by atoms with van der Waals surface area (Å²) in [7, 11) is -1.44. The smallest absolute Gasteiger partial charge is 0.159 e. The van der Waals surface area contributed by atoms with Crippen LogP contribution in [0.15, 0.2) is 45.4 Å². The molecule has 2 unspecified atom stereocenters. The minimum atomic E-state index is -1.44. The molecular weight excluding hydrogens is 288 g/mol. The molecule has 110 valence electrons. The number of hydrogen-bond donors (Lipinski definition) is 2. The van der Waals surface area contributed by atoms with E-state index in [9.17, 15) is 19.2 Å². The fourth-order valence-electron chi connectivity index (χ4n) is 2.79. The number of benzene rings is 1. The molecule has 3 rings (SSSR count). The number of carbonyl (C=O) groups is 1. The standard InChI is InChI=1S/C16H16O4S/c1-9(17)10-3-5-15-11(6-10)2-4-13-14(19)7-12(18)8-16(13)21(15)20/h3,5-6,8,12,18-19H,2,4,7H2,1H3. The second-order valence-corrected chi connectivity index (χ2v) is 6.79. The molecule has 21 heavy (non-hydrogen) atoms. The van der Waals surface area contributed by atoms with Crippen molar-refractivity contribution < 1.29 is 19.2 Å². The highest BCUT2D eigenvalue weighted by Gasteiger charge is 2.29. The van der Waals surface area contributed by atoms with Gasteiger partial charge in [-0.05, 0) is 43.5 Å². The molecule has 0 radical (unpaired) electrons. The van der Waals surface area contributed by atoms with Crippen molar-refractivity contribution in [3.63, 3.8) is 0 Å². The number of rotatable bonds is 1. The van der Waals surface area contributed by atoms with Crippen LogP contribution in [-0.4, -0.2) is 26.3 Å². The zero-order valence-electron chi connectivity index (χ0n) is 11.6. The largest absolute Gasteiger partial charge is 0.512 e. The van der Waals surface area contributed by atoms with Crippen molar-refractivity contribution >= 4 is 16.6 Å². The summed E-state index contributed by atoms with van der Waals surface area (Å²) in [5.74, 6) is 0.0925. The van der Waals surface area contributed by atoms with Gasteiger partial charge in [0, 0.05) is 27.4 Å². The van der Waals surface area contributed by atoms with Crippen LogP contribution in [0.3, 0.4) is 0 Å². The zero-order chi connectivity index (χ0) is 15.1. The van der Waals surface area contributed by atoms with Crippen LogP contribution in [0.1, 0.15) is 35.7 Å². The van der Waals surface area contributed by atoms with Crippen LogP contribution in [-0.2, 0) is 17.2 Å². The second-order valence-electron chi connectivity index (χ2n) is 5.38. The number of fused-ring (bicyclic) bond motifs is 2. The summed E-state index contributed by atoms with van der Waals surface area (Å²) in [5.41, 5.74) is 2.13. The van der Waals surface area contributed by atoms with Crippen molar-refractivity contribution in [2.45, 2.75) is 37.2 Å². The van der Waals surface area contributed by atoms with Gasteiger partial charge in [-0.1, -0.05) is 6.07 Å². The number of Topliss-reactive ketones (excluding diaryl/α,β-unsaturated/α-hetero) is 1. The second kappa shape index (κ2) is 5.24. The third-order valence-corrected chi connectivity index (χ3v) is 5.48. The number of aliphatic hydroxyl groups excluding tert-OH is 2. The number of carbonyl (C=O) groups excluding carboxylic acids is 1. The van der Waals surface area contributed by atoms with Gasteiger partial charge in [0.15, 0.2) is 5.78 Å². The molecule has 0 fully saturated rings. The van der Waals surface area contributed by atoms with Crippen molar-refractivity contribution in [1.82, 2.24) is 0 Å². The maximum atomic E-state index is 12.7. The lowest BCUT2D eigenvalue weighted by Crippen LogP contribution is -2.15. The van der Waals surface area contributed by atoms with Gasteiger partial charge < -0.3 is 10.2 Å². The predicted octanol–water partition coefficient (Wildman–Crippen LogP) is 2.40. The summed E-state index contributed by atoms with van der Waals surface area (Å²) in [6.45, 7) is 1.50. The molecule has 0 bridgehead atoms. The topological polar surface area (TPSA) is 74.6 Å². The van der Waals surface area contributed by atoms with Gasteiger partial charge in [-0.3, -0.25) is 4.79 Å². The Kier molecular flexibility index (Phi) is 3.55. The summed E-state index contributed by atoms with van der Waals surface area (Å²) in [5, 5.41) is 19.8. The molecule has 1 aliphatic carbocycles. The van der Waals surface area contributed by atoms with Crippen LogP contribution in [0.4, 0.5) is 0 Å². The van der Waals surface area contributed by atoms with E-state index in [0.29, 0.717) is 33.8 Å². The van der Waals surface area contributed by atoms with Crippen molar-refractivity contribution in [3.05, 3.63) is 51.6 Å². The Balaban J connectivity index is 2.12. The monoisotopic (exact) mass is 304 g/mol. The quantitative estimate of drug-likeness (QED) is 0.781. The van der Waals surface area contributed by atoms with Gasteiger partial charge in [-0.25, -0.2) is 4.21 Å². The lowest BCUT2D eigenvalue weighted by molar-refractivity contribution is 0.101. The number of hydrogen-bond acceptors (Lipinski definition) is 4. The van der Waals surface area contributed by atoms with E-state index in [0.717, 1.165) is 5.56 Å². The Hall–Kier alpha value is -1.72. The molecule has 0 spiro atoms. The van der Waals surface area contributed by atoms with E-state index in [4.69, 9.17) is 0 Å². The van der Waals surface area contributed by atoms with E-state index in [1.807, 2.05) is 0 Å². The highest BCUT2D eigenvalue weighted by molar-refractivity contribution is 7.89. The summed E-state index contributed by atoms with van der Waals surface area (Å²) in [6.07, 6.45) is 2.12. The Morgan fingerprint density at radius 3 is 2.81 bits per heavy atom. The van der Waals surface area contributed by atoms with Crippen LogP contribution in [0.2, 0.25) is 0 Å². The van der Waals surface area contributed by atoms with E-state index >= 15 is 0 Å². The van der Waals surface area contributed by atoms with Crippen molar-refractivity contribution in [3.8, 4) is 0 Å². The Labute approximate surface area is 125 Å². The van der Waals surface area contributed by atoms with Crippen molar-refractivity contribution in [1.29, 1.82) is 0 Å². The molecule has 4 nitrogen and oxygen atoms in total. The molecular formula is C16H16O4S. The number of aryl methyl sites for hydroxylation is 1.